The predicted octanol–water partition coefficient (Wildman–Crippen LogP) is 5.04. The van der Waals surface area contributed by atoms with Crippen molar-refractivity contribution < 1.29 is 13.9 Å². The van der Waals surface area contributed by atoms with Crippen LogP contribution in [0.4, 0.5) is 10.1 Å². The molecule has 0 radical (unpaired) electrons. The van der Waals surface area contributed by atoms with Crippen LogP contribution in [0.25, 0.3) is 11.1 Å². The topological polar surface area (TPSA) is 62.1 Å². The van der Waals surface area contributed by atoms with Gasteiger partial charge in [-0.2, -0.15) is 5.26 Å². The number of hydrogen-bond acceptors (Lipinski definition) is 3. The van der Waals surface area contributed by atoms with Crippen LogP contribution in [0.15, 0.2) is 66.7 Å². The van der Waals surface area contributed by atoms with Crippen LogP contribution in [0.1, 0.15) is 5.56 Å². The lowest BCUT2D eigenvalue weighted by Gasteiger charge is -2.09. The number of nitriles is 1. The molecule has 4 nitrogen and oxygen atoms in total. The van der Waals surface area contributed by atoms with Crippen LogP contribution >= 0.6 is 11.6 Å². The number of carbonyl (C=O) groups excluding carboxylic acids is 1. The molecule has 0 heterocycles. The average molecular weight is 381 g/mol. The molecule has 27 heavy (non-hydrogen) atoms. The van der Waals surface area contributed by atoms with E-state index in [1.165, 1.54) is 12.1 Å². The van der Waals surface area contributed by atoms with Crippen molar-refractivity contribution in [2.24, 2.45) is 0 Å². The Labute approximate surface area is 160 Å². The summed E-state index contributed by atoms with van der Waals surface area (Å²) in [5.41, 5.74) is 2.57. The minimum absolute atomic E-state index is 0.0455. The Bertz CT molecular complexity index is 996. The van der Waals surface area contributed by atoms with E-state index in [0.29, 0.717) is 11.3 Å². The van der Waals surface area contributed by atoms with Gasteiger partial charge in [-0.25, -0.2) is 4.39 Å². The van der Waals surface area contributed by atoms with Gasteiger partial charge in [-0.15, -0.1) is 0 Å². The van der Waals surface area contributed by atoms with E-state index >= 15 is 0 Å². The van der Waals surface area contributed by atoms with E-state index in [0.717, 1.165) is 17.2 Å². The zero-order valence-corrected chi connectivity index (χ0v) is 14.8. The molecule has 0 aliphatic rings. The van der Waals surface area contributed by atoms with E-state index in [1.807, 2.05) is 24.3 Å². The summed E-state index contributed by atoms with van der Waals surface area (Å²) in [4.78, 5) is 11.9. The van der Waals surface area contributed by atoms with Gasteiger partial charge in [0.1, 0.15) is 11.6 Å². The van der Waals surface area contributed by atoms with Crippen molar-refractivity contribution in [3.05, 3.63) is 83.1 Å². The number of nitrogens with zero attached hydrogens (tertiary/aromatic N) is 1. The van der Waals surface area contributed by atoms with E-state index in [9.17, 15) is 9.18 Å². The molecule has 6 heteroatoms. The van der Waals surface area contributed by atoms with E-state index in [1.54, 1.807) is 24.3 Å². The highest BCUT2D eigenvalue weighted by molar-refractivity contribution is 6.30. The molecule has 3 rings (SSSR count). The largest absolute Gasteiger partial charge is 0.484 e. The van der Waals surface area contributed by atoms with E-state index in [-0.39, 0.29) is 17.3 Å². The Morgan fingerprint density at radius 3 is 2.26 bits per heavy atom. The maximum atomic E-state index is 13.7. The smallest absolute Gasteiger partial charge is 0.262 e. The summed E-state index contributed by atoms with van der Waals surface area (Å²) in [7, 11) is 0. The third-order valence-corrected chi connectivity index (χ3v) is 4.01. The molecule has 3 aromatic carbocycles. The third kappa shape index (κ3) is 4.84. The first kappa shape index (κ1) is 18.4. The Morgan fingerprint density at radius 1 is 1.04 bits per heavy atom. The van der Waals surface area contributed by atoms with E-state index in [2.05, 4.69) is 11.4 Å². The molecule has 0 spiro atoms. The van der Waals surface area contributed by atoms with Crippen molar-refractivity contribution in [3.8, 4) is 22.9 Å². The summed E-state index contributed by atoms with van der Waals surface area (Å²) < 4.78 is 19.1. The van der Waals surface area contributed by atoms with Crippen molar-refractivity contribution in [2.45, 2.75) is 0 Å². The molecule has 1 amide bonds. The van der Waals surface area contributed by atoms with E-state index in [4.69, 9.17) is 21.6 Å². The number of ether oxygens (including phenoxy) is 1. The molecule has 0 atom stereocenters. The molecular formula is C21H14ClFN2O2. The number of nitrogens with one attached hydrogen (secondary N) is 1. The second-order valence-electron chi connectivity index (χ2n) is 5.67. The maximum Gasteiger partial charge on any atom is 0.262 e. The lowest BCUT2D eigenvalue weighted by molar-refractivity contribution is -0.118. The standard InChI is InChI=1S/C21H14ClFN2O2/c22-17-7-10-20(19(23)11-17)25-21(26)13-27-18-8-5-16(6-9-18)15-3-1-14(12-24)2-4-15/h1-11H,13H2,(H,25,26). The zero-order chi connectivity index (χ0) is 19.2. The van der Waals surface area contributed by atoms with Crippen molar-refractivity contribution in [2.75, 3.05) is 11.9 Å². The second-order valence-corrected chi connectivity index (χ2v) is 6.11. The minimum Gasteiger partial charge on any atom is -0.484 e. The molecule has 0 aliphatic heterocycles. The fraction of sp³-hybridized carbons (Fsp3) is 0.0476. The zero-order valence-electron chi connectivity index (χ0n) is 14.1. The SMILES string of the molecule is N#Cc1ccc(-c2ccc(OCC(=O)Nc3ccc(Cl)cc3F)cc2)cc1. The van der Waals surface area contributed by atoms with Gasteiger partial charge < -0.3 is 10.1 Å². The van der Waals surface area contributed by atoms with Crippen molar-refractivity contribution >= 4 is 23.2 Å². The highest BCUT2D eigenvalue weighted by atomic mass is 35.5. The molecule has 0 saturated heterocycles. The summed E-state index contributed by atoms with van der Waals surface area (Å²) in [6, 6.07) is 20.5. The Balaban J connectivity index is 1.58. The van der Waals surface area contributed by atoms with Gasteiger partial charge in [-0.3, -0.25) is 4.79 Å². The summed E-state index contributed by atoms with van der Waals surface area (Å²) in [5, 5.41) is 11.5. The number of anilines is 1. The number of halogens is 2. The molecule has 0 aromatic heterocycles. The van der Waals surface area contributed by atoms with Crippen LogP contribution in [0.3, 0.4) is 0 Å². The molecular weight excluding hydrogens is 367 g/mol. The highest BCUT2D eigenvalue weighted by Gasteiger charge is 2.08. The lowest BCUT2D eigenvalue weighted by Crippen LogP contribution is -2.20. The summed E-state index contributed by atoms with van der Waals surface area (Å²) in [6.45, 7) is -0.252. The van der Waals surface area contributed by atoms with Gasteiger partial charge in [-0.1, -0.05) is 35.9 Å². The van der Waals surface area contributed by atoms with Gasteiger partial charge in [0.05, 0.1) is 17.3 Å². The number of rotatable bonds is 5. The van der Waals surface area contributed by atoms with Crippen LogP contribution in [0, 0.1) is 17.1 Å². The second kappa shape index (κ2) is 8.35. The lowest BCUT2D eigenvalue weighted by atomic mass is 10.0. The van der Waals surface area contributed by atoms with Crippen LogP contribution in [-0.2, 0) is 4.79 Å². The van der Waals surface area contributed by atoms with Crippen molar-refractivity contribution in [1.29, 1.82) is 5.26 Å². The van der Waals surface area contributed by atoms with Crippen LogP contribution in [0.5, 0.6) is 5.75 Å². The van der Waals surface area contributed by atoms with Crippen LogP contribution < -0.4 is 10.1 Å². The van der Waals surface area contributed by atoms with Crippen LogP contribution in [0.2, 0.25) is 5.02 Å². The molecule has 0 fully saturated rings. The molecule has 0 saturated carbocycles. The van der Waals surface area contributed by atoms with Gasteiger partial charge in [0.25, 0.3) is 5.91 Å². The summed E-state index contributed by atoms with van der Waals surface area (Å²) in [6.07, 6.45) is 0. The maximum absolute atomic E-state index is 13.7. The van der Waals surface area contributed by atoms with Gasteiger partial charge in [-0.05, 0) is 53.6 Å². The fourth-order valence-electron chi connectivity index (χ4n) is 2.41. The summed E-state index contributed by atoms with van der Waals surface area (Å²) in [5.74, 6) is -0.575. The number of hydrogen-bond donors (Lipinski definition) is 1. The van der Waals surface area contributed by atoms with Gasteiger partial charge in [0.15, 0.2) is 6.61 Å². The van der Waals surface area contributed by atoms with Crippen molar-refractivity contribution in [3.63, 3.8) is 0 Å². The number of carbonyl (C=O) groups is 1. The van der Waals surface area contributed by atoms with Gasteiger partial charge in [0.2, 0.25) is 0 Å². The Kier molecular flexibility index (Phi) is 5.70. The van der Waals surface area contributed by atoms with Gasteiger partial charge >= 0.3 is 0 Å². The quantitative estimate of drug-likeness (QED) is 0.674. The summed E-state index contributed by atoms with van der Waals surface area (Å²) >= 11 is 5.68. The number of benzene rings is 3. The molecule has 1 N–H and O–H groups in total. The first-order chi connectivity index (χ1) is 13.0. The first-order valence-corrected chi connectivity index (χ1v) is 8.41. The first-order valence-electron chi connectivity index (χ1n) is 8.03. The minimum atomic E-state index is -0.609. The van der Waals surface area contributed by atoms with Gasteiger partial charge in [0, 0.05) is 5.02 Å². The third-order valence-electron chi connectivity index (χ3n) is 3.78. The molecule has 3 aromatic rings. The Hall–Kier alpha value is -3.36. The normalized spacial score (nSPS) is 10.1. The molecule has 0 aliphatic carbocycles. The molecule has 134 valence electrons. The predicted molar refractivity (Wildman–Crippen MR) is 102 cm³/mol. The van der Waals surface area contributed by atoms with Crippen molar-refractivity contribution in [1.82, 2.24) is 0 Å². The molecule has 0 unspecified atom stereocenters. The highest BCUT2D eigenvalue weighted by Crippen LogP contribution is 2.23. The van der Waals surface area contributed by atoms with Crippen LogP contribution in [-0.4, -0.2) is 12.5 Å². The van der Waals surface area contributed by atoms with E-state index < -0.39 is 11.7 Å². The molecule has 0 bridgehead atoms. The monoisotopic (exact) mass is 380 g/mol. The number of amides is 1. The fourth-order valence-corrected chi connectivity index (χ4v) is 2.57. The average Bonchev–Trinajstić information content (AvgIpc) is 2.69. The Morgan fingerprint density at radius 2 is 1.67 bits per heavy atom.